The van der Waals surface area contributed by atoms with Crippen molar-refractivity contribution in [3.8, 4) is 0 Å². The predicted octanol–water partition coefficient (Wildman–Crippen LogP) is 2.90. The molecule has 1 aromatic rings. The van der Waals surface area contributed by atoms with Crippen LogP contribution in [0.15, 0.2) is 30.3 Å². The highest BCUT2D eigenvalue weighted by molar-refractivity contribution is 5.73. The molecule has 0 bridgehead atoms. The van der Waals surface area contributed by atoms with Gasteiger partial charge in [0, 0.05) is 12.1 Å². The summed E-state index contributed by atoms with van der Waals surface area (Å²) in [5.41, 5.74) is 0.537. The maximum Gasteiger partial charge on any atom is 0.410 e. The first kappa shape index (κ1) is 15.4. The van der Waals surface area contributed by atoms with Crippen LogP contribution in [0.5, 0.6) is 0 Å². The topological polar surface area (TPSA) is 66.8 Å². The van der Waals surface area contributed by atoms with Crippen molar-refractivity contribution in [3.05, 3.63) is 35.9 Å². The molecule has 5 nitrogen and oxygen atoms in total. The van der Waals surface area contributed by atoms with Crippen LogP contribution >= 0.6 is 0 Å². The molecular weight excluding hydrogens is 270 g/mol. The second-order valence-electron chi connectivity index (χ2n) is 6.04. The summed E-state index contributed by atoms with van der Waals surface area (Å²) >= 11 is 0. The van der Waals surface area contributed by atoms with Gasteiger partial charge in [0.2, 0.25) is 0 Å². The summed E-state index contributed by atoms with van der Waals surface area (Å²) in [4.78, 5) is 24.9. The second kappa shape index (κ2) is 6.16. The molecule has 1 saturated heterocycles. The lowest BCUT2D eigenvalue weighted by Crippen LogP contribution is -2.54. The number of likely N-dealkylation sites (tertiary alicyclic amines) is 1. The van der Waals surface area contributed by atoms with Gasteiger partial charge in [-0.15, -0.1) is 0 Å². The van der Waals surface area contributed by atoms with Gasteiger partial charge in [-0.3, -0.25) is 4.79 Å². The van der Waals surface area contributed by atoms with Crippen LogP contribution in [0.4, 0.5) is 4.79 Å². The normalized spacial score (nSPS) is 20.9. The second-order valence-corrected chi connectivity index (χ2v) is 6.04. The molecule has 0 aliphatic carbocycles. The number of hydrogen-bond acceptors (Lipinski definition) is 3. The molecular formula is C16H21NO4. The number of benzene rings is 1. The van der Waals surface area contributed by atoms with E-state index in [-0.39, 0.29) is 18.7 Å². The van der Waals surface area contributed by atoms with Gasteiger partial charge < -0.3 is 14.7 Å². The molecule has 21 heavy (non-hydrogen) atoms. The number of aliphatic carboxylic acids is 1. The van der Waals surface area contributed by atoms with Gasteiger partial charge >= 0.3 is 12.1 Å². The van der Waals surface area contributed by atoms with Crippen molar-refractivity contribution < 1.29 is 19.4 Å². The third kappa shape index (κ3) is 3.74. The Morgan fingerprint density at radius 2 is 2.00 bits per heavy atom. The minimum absolute atomic E-state index is 0.198. The first-order valence-electron chi connectivity index (χ1n) is 7.11. The van der Waals surface area contributed by atoms with Gasteiger partial charge in [0.05, 0.1) is 5.92 Å². The largest absolute Gasteiger partial charge is 0.481 e. The number of nitrogens with zero attached hydrogens (tertiary/aromatic N) is 1. The molecule has 0 saturated carbocycles. The van der Waals surface area contributed by atoms with Crippen molar-refractivity contribution in [1.82, 2.24) is 4.90 Å². The maximum atomic E-state index is 12.3. The molecule has 1 aliphatic heterocycles. The van der Waals surface area contributed by atoms with E-state index < -0.39 is 18.0 Å². The molecule has 1 aromatic carbocycles. The van der Waals surface area contributed by atoms with Gasteiger partial charge in [0.1, 0.15) is 6.61 Å². The van der Waals surface area contributed by atoms with E-state index in [1.165, 1.54) is 4.90 Å². The van der Waals surface area contributed by atoms with Crippen molar-refractivity contribution in [2.45, 2.75) is 38.8 Å². The Morgan fingerprint density at radius 1 is 1.33 bits per heavy atom. The van der Waals surface area contributed by atoms with Crippen LogP contribution in [0.1, 0.15) is 32.3 Å². The number of rotatable bonds is 3. The average Bonchev–Trinajstić information content (AvgIpc) is 2.45. The van der Waals surface area contributed by atoms with Crippen LogP contribution in [0.25, 0.3) is 0 Å². The molecule has 0 spiro atoms. The Morgan fingerprint density at radius 3 is 2.62 bits per heavy atom. The standard InChI is InChI=1S/C16H21NO4/c1-16(2)9-8-13(14(18)19)10-17(16)15(20)21-11-12-6-4-3-5-7-12/h3-7,13H,8-11H2,1-2H3,(H,18,19). The number of carbonyl (C=O) groups excluding carboxylic acids is 1. The molecule has 1 unspecified atom stereocenters. The fourth-order valence-corrected chi connectivity index (χ4v) is 2.54. The Bertz CT molecular complexity index is 512. The van der Waals surface area contributed by atoms with E-state index in [2.05, 4.69) is 0 Å². The van der Waals surface area contributed by atoms with Crippen molar-refractivity contribution >= 4 is 12.1 Å². The van der Waals surface area contributed by atoms with E-state index in [4.69, 9.17) is 9.84 Å². The lowest BCUT2D eigenvalue weighted by Gasteiger charge is -2.43. The van der Waals surface area contributed by atoms with E-state index >= 15 is 0 Å². The summed E-state index contributed by atoms with van der Waals surface area (Å²) < 4.78 is 5.33. The molecule has 0 radical (unpaired) electrons. The highest BCUT2D eigenvalue weighted by atomic mass is 16.6. The molecule has 1 N–H and O–H groups in total. The molecule has 2 rings (SSSR count). The molecule has 1 amide bonds. The number of piperidine rings is 1. The number of carboxylic acid groups (broad SMARTS) is 1. The third-order valence-electron chi connectivity index (χ3n) is 4.01. The number of amides is 1. The van der Waals surface area contributed by atoms with E-state index in [9.17, 15) is 9.59 Å². The van der Waals surface area contributed by atoms with Gasteiger partial charge in [0.25, 0.3) is 0 Å². The molecule has 1 heterocycles. The summed E-state index contributed by atoms with van der Waals surface area (Å²) in [5.74, 6) is -1.37. The quantitative estimate of drug-likeness (QED) is 0.930. The maximum absolute atomic E-state index is 12.3. The first-order chi connectivity index (χ1) is 9.90. The summed E-state index contributed by atoms with van der Waals surface area (Å²) in [6, 6.07) is 9.43. The Kier molecular flexibility index (Phi) is 4.50. The van der Waals surface area contributed by atoms with E-state index in [0.29, 0.717) is 12.8 Å². The summed E-state index contributed by atoms with van der Waals surface area (Å²) in [5, 5.41) is 9.14. The smallest absolute Gasteiger partial charge is 0.410 e. The van der Waals surface area contributed by atoms with Crippen molar-refractivity contribution in [1.29, 1.82) is 0 Å². The fraction of sp³-hybridized carbons (Fsp3) is 0.500. The van der Waals surface area contributed by atoms with Crippen molar-refractivity contribution in [2.75, 3.05) is 6.54 Å². The number of hydrogen-bond donors (Lipinski definition) is 1. The summed E-state index contributed by atoms with van der Waals surface area (Å²) in [7, 11) is 0. The zero-order chi connectivity index (χ0) is 15.5. The van der Waals surface area contributed by atoms with Crippen LogP contribution in [0.3, 0.4) is 0 Å². The Balaban J connectivity index is 2.00. The van der Waals surface area contributed by atoms with Crippen LogP contribution in [0, 0.1) is 5.92 Å². The molecule has 5 heteroatoms. The highest BCUT2D eigenvalue weighted by Crippen LogP contribution is 2.31. The van der Waals surface area contributed by atoms with Gasteiger partial charge in [0.15, 0.2) is 0 Å². The zero-order valence-electron chi connectivity index (χ0n) is 12.4. The minimum atomic E-state index is -0.855. The van der Waals surface area contributed by atoms with Crippen molar-refractivity contribution in [3.63, 3.8) is 0 Å². The van der Waals surface area contributed by atoms with Gasteiger partial charge in [-0.05, 0) is 32.3 Å². The Labute approximate surface area is 124 Å². The summed E-state index contributed by atoms with van der Waals surface area (Å²) in [6.45, 7) is 4.28. The Hall–Kier alpha value is -2.04. The molecule has 1 fully saturated rings. The SMILES string of the molecule is CC1(C)CCC(C(=O)O)CN1C(=O)OCc1ccccc1. The van der Waals surface area contributed by atoms with E-state index in [1.54, 1.807) is 0 Å². The highest BCUT2D eigenvalue weighted by Gasteiger charge is 2.40. The van der Waals surface area contributed by atoms with Crippen LogP contribution < -0.4 is 0 Å². The van der Waals surface area contributed by atoms with Gasteiger partial charge in [-0.1, -0.05) is 30.3 Å². The molecule has 1 aliphatic rings. The molecule has 0 aromatic heterocycles. The monoisotopic (exact) mass is 291 g/mol. The van der Waals surface area contributed by atoms with Crippen LogP contribution in [-0.4, -0.2) is 34.2 Å². The fourth-order valence-electron chi connectivity index (χ4n) is 2.54. The van der Waals surface area contributed by atoms with Gasteiger partial charge in [-0.25, -0.2) is 4.79 Å². The van der Waals surface area contributed by atoms with E-state index in [1.807, 2.05) is 44.2 Å². The minimum Gasteiger partial charge on any atom is -0.481 e. The number of carbonyl (C=O) groups is 2. The summed E-state index contributed by atoms with van der Waals surface area (Å²) in [6.07, 6.45) is 0.796. The third-order valence-corrected chi connectivity index (χ3v) is 4.01. The van der Waals surface area contributed by atoms with Gasteiger partial charge in [-0.2, -0.15) is 0 Å². The zero-order valence-corrected chi connectivity index (χ0v) is 12.4. The van der Waals surface area contributed by atoms with E-state index in [0.717, 1.165) is 5.56 Å². The lowest BCUT2D eigenvalue weighted by molar-refractivity contribution is -0.144. The number of carboxylic acids is 1. The van der Waals surface area contributed by atoms with Crippen LogP contribution in [-0.2, 0) is 16.1 Å². The van der Waals surface area contributed by atoms with Crippen LogP contribution in [0.2, 0.25) is 0 Å². The average molecular weight is 291 g/mol. The first-order valence-corrected chi connectivity index (χ1v) is 7.11. The predicted molar refractivity (Wildman–Crippen MR) is 77.8 cm³/mol. The molecule has 1 atom stereocenters. The lowest BCUT2D eigenvalue weighted by atomic mass is 9.85. The number of ether oxygens (including phenoxy) is 1. The van der Waals surface area contributed by atoms with Crippen molar-refractivity contribution in [2.24, 2.45) is 5.92 Å². The molecule has 114 valence electrons.